The van der Waals surface area contributed by atoms with E-state index in [-0.39, 0.29) is 18.5 Å². The van der Waals surface area contributed by atoms with Crippen molar-refractivity contribution in [2.75, 3.05) is 6.54 Å². The second-order valence-electron chi connectivity index (χ2n) is 6.30. The van der Waals surface area contributed by atoms with E-state index >= 15 is 0 Å². The Kier molecular flexibility index (Phi) is 5.62. The predicted octanol–water partition coefficient (Wildman–Crippen LogP) is 3.83. The molecule has 1 aliphatic rings. The van der Waals surface area contributed by atoms with Crippen molar-refractivity contribution in [2.24, 2.45) is 0 Å². The fraction of sp³-hybridized carbons (Fsp3) is 0.368. The van der Waals surface area contributed by atoms with Crippen LogP contribution in [0.2, 0.25) is 10.0 Å². The first-order valence-corrected chi connectivity index (χ1v) is 9.09. The van der Waals surface area contributed by atoms with E-state index in [1.165, 1.54) is 0 Å². The van der Waals surface area contributed by atoms with Gasteiger partial charge in [-0.3, -0.25) is 9.78 Å². The van der Waals surface area contributed by atoms with Crippen molar-refractivity contribution in [1.82, 2.24) is 9.88 Å². The number of pyridine rings is 1. The molecule has 1 aliphatic carbocycles. The number of aliphatic hydroxyl groups excluding tert-OH is 1. The molecule has 6 heteroatoms. The maximum absolute atomic E-state index is 12.5. The maximum atomic E-state index is 12.5. The van der Waals surface area contributed by atoms with Gasteiger partial charge in [0, 0.05) is 30.4 Å². The number of halogens is 2. The van der Waals surface area contributed by atoms with E-state index < -0.39 is 6.10 Å². The van der Waals surface area contributed by atoms with Gasteiger partial charge >= 0.3 is 0 Å². The van der Waals surface area contributed by atoms with Crippen molar-refractivity contribution in [3.63, 3.8) is 0 Å². The van der Waals surface area contributed by atoms with Crippen LogP contribution in [0.25, 0.3) is 0 Å². The average Bonchev–Trinajstić information content (AvgIpc) is 3.02. The molecule has 0 saturated carbocycles. The zero-order valence-corrected chi connectivity index (χ0v) is 15.5. The molecular formula is C19H20Cl2N2O2. The minimum Gasteiger partial charge on any atom is -0.386 e. The number of carbonyl (C=O) groups excluding carboxylic acids is 1. The standard InChI is InChI=1S/C19H20Cl2N2O2/c1-2-19(25)23(11-18(24)12-4-3-5-22-10-12)15-6-13-8-16(20)17(21)9-14(13)7-15/h3-5,8-10,15,18,24H,2,6-7,11H2,1H3/t18-/m1/s1. The Labute approximate surface area is 157 Å². The average molecular weight is 379 g/mol. The number of hydrogen-bond acceptors (Lipinski definition) is 3. The Bertz CT molecular complexity index is 737. The normalized spacial score (nSPS) is 15.0. The Balaban J connectivity index is 1.79. The van der Waals surface area contributed by atoms with E-state index in [0.717, 1.165) is 24.0 Å². The number of hydrogen-bond donors (Lipinski definition) is 1. The highest BCUT2D eigenvalue weighted by molar-refractivity contribution is 6.42. The lowest BCUT2D eigenvalue weighted by atomic mass is 10.1. The molecule has 0 aliphatic heterocycles. The van der Waals surface area contributed by atoms with Gasteiger partial charge in [-0.05, 0) is 42.2 Å². The smallest absolute Gasteiger partial charge is 0.222 e. The van der Waals surface area contributed by atoms with Crippen molar-refractivity contribution in [1.29, 1.82) is 0 Å². The first-order valence-electron chi connectivity index (χ1n) is 8.33. The van der Waals surface area contributed by atoms with Crippen LogP contribution in [0.4, 0.5) is 0 Å². The van der Waals surface area contributed by atoms with Gasteiger partial charge in [0.15, 0.2) is 0 Å². The summed E-state index contributed by atoms with van der Waals surface area (Å²) in [6.45, 7) is 2.08. The topological polar surface area (TPSA) is 53.4 Å². The van der Waals surface area contributed by atoms with Gasteiger partial charge < -0.3 is 10.0 Å². The summed E-state index contributed by atoms with van der Waals surface area (Å²) in [5.41, 5.74) is 2.94. The highest BCUT2D eigenvalue weighted by Gasteiger charge is 2.31. The summed E-state index contributed by atoms with van der Waals surface area (Å²) in [5, 5.41) is 11.6. The predicted molar refractivity (Wildman–Crippen MR) is 98.9 cm³/mol. The summed E-state index contributed by atoms with van der Waals surface area (Å²) in [7, 11) is 0. The van der Waals surface area contributed by atoms with Gasteiger partial charge in [0.2, 0.25) is 5.91 Å². The summed E-state index contributed by atoms with van der Waals surface area (Å²) in [4.78, 5) is 18.3. The minimum atomic E-state index is -0.764. The van der Waals surface area contributed by atoms with Crippen LogP contribution in [-0.4, -0.2) is 33.5 Å². The van der Waals surface area contributed by atoms with Crippen LogP contribution in [0.1, 0.15) is 36.1 Å². The molecule has 132 valence electrons. The molecule has 1 heterocycles. The first kappa shape index (κ1) is 18.2. The molecule has 1 aromatic heterocycles. The van der Waals surface area contributed by atoms with Crippen molar-refractivity contribution in [3.05, 3.63) is 63.4 Å². The van der Waals surface area contributed by atoms with Crippen molar-refractivity contribution in [3.8, 4) is 0 Å². The van der Waals surface area contributed by atoms with Crippen LogP contribution < -0.4 is 0 Å². The van der Waals surface area contributed by atoms with Crippen LogP contribution in [0, 0.1) is 0 Å². The largest absolute Gasteiger partial charge is 0.386 e. The maximum Gasteiger partial charge on any atom is 0.222 e. The monoisotopic (exact) mass is 378 g/mol. The van der Waals surface area contributed by atoms with Crippen LogP contribution >= 0.6 is 23.2 Å². The molecule has 1 amide bonds. The molecule has 3 rings (SSSR count). The van der Waals surface area contributed by atoms with E-state index in [2.05, 4.69) is 4.98 Å². The third kappa shape index (κ3) is 3.97. The summed E-state index contributed by atoms with van der Waals surface area (Å²) in [5.74, 6) is 0.0259. The number of aliphatic hydroxyl groups is 1. The molecule has 1 atom stereocenters. The molecule has 0 radical (unpaired) electrons. The first-order chi connectivity index (χ1) is 12.0. The van der Waals surface area contributed by atoms with Crippen molar-refractivity contribution < 1.29 is 9.90 Å². The second kappa shape index (κ2) is 7.73. The highest BCUT2D eigenvalue weighted by atomic mass is 35.5. The lowest BCUT2D eigenvalue weighted by Crippen LogP contribution is -2.43. The number of nitrogens with zero attached hydrogens (tertiary/aromatic N) is 2. The molecule has 0 fully saturated rings. The molecule has 0 unspecified atom stereocenters. The van der Waals surface area contributed by atoms with Gasteiger partial charge in [-0.1, -0.05) is 36.2 Å². The number of fused-ring (bicyclic) bond motifs is 1. The molecule has 1 aromatic carbocycles. The van der Waals surface area contributed by atoms with Crippen molar-refractivity contribution in [2.45, 2.75) is 38.3 Å². The number of amides is 1. The lowest BCUT2D eigenvalue weighted by Gasteiger charge is -2.31. The Morgan fingerprint density at radius 1 is 1.32 bits per heavy atom. The Morgan fingerprint density at radius 2 is 1.96 bits per heavy atom. The highest BCUT2D eigenvalue weighted by Crippen LogP contribution is 2.33. The third-order valence-electron chi connectivity index (χ3n) is 4.66. The Hall–Kier alpha value is -1.62. The van der Waals surface area contributed by atoms with Crippen molar-refractivity contribution >= 4 is 29.1 Å². The van der Waals surface area contributed by atoms with Gasteiger partial charge in [-0.2, -0.15) is 0 Å². The molecule has 1 N–H and O–H groups in total. The van der Waals surface area contributed by atoms with E-state index in [0.29, 0.717) is 22.0 Å². The molecule has 2 aromatic rings. The number of aromatic nitrogens is 1. The van der Waals surface area contributed by atoms with Gasteiger partial charge in [0.1, 0.15) is 0 Å². The van der Waals surface area contributed by atoms with Crippen LogP contribution in [-0.2, 0) is 17.6 Å². The fourth-order valence-electron chi connectivity index (χ4n) is 3.33. The summed E-state index contributed by atoms with van der Waals surface area (Å²) in [6, 6.07) is 7.36. The molecule has 0 saturated heterocycles. The SMILES string of the molecule is CCC(=O)N(C[C@@H](O)c1cccnc1)C1Cc2cc(Cl)c(Cl)cc2C1. The molecule has 0 spiro atoms. The zero-order valence-electron chi connectivity index (χ0n) is 14.0. The molecule has 0 bridgehead atoms. The van der Waals surface area contributed by atoms with Crippen LogP contribution in [0.3, 0.4) is 0 Å². The van der Waals surface area contributed by atoms with E-state index in [1.807, 2.05) is 25.1 Å². The van der Waals surface area contributed by atoms with Crippen LogP contribution in [0.5, 0.6) is 0 Å². The molecule has 25 heavy (non-hydrogen) atoms. The van der Waals surface area contributed by atoms with E-state index in [9.17, 15) is 9.90 Å². The number of benzene rings is 1. The van der Waals surface area contributed by atoms with Gasteiger partial charge in [-0.25, -0.2) is 0 Å². The third-order valence-corrected chi connectivity index (χ3v) is 5.38. The zero-order chi connectivity index (χ0) is 18.0. The second-order valence-corrected chi connectivity index (χ2v) is 7.11. The fourth-order valence-corrected chi connectivity index (χ4v) is 3.70. The van der Waals surface area contributed by atoms with Gasteiger partial charge in [-0.15, -0.1) is 0 Å². The summed E-state index contributed by atoms with van der Waals surface area (Å²) in [6.07, 6.45) is 4.36. The summed E-state index contributed by atoms with van der Waals surface area (Å²) < 4.78 is 0. The lowest BCUT2D eigenvalue weighted by molar-refractivity contribution is -0.134. The molecule has 4 nitrogen and oxygen atoms in total. The quantitative estimate of drug-likeness (QED) is 0.859. The van der Waals surface area contributed by atoms with Gasteiger partial charge in [0.25, 0.3) is 0 Å². The number of carbonyl (C=O) groups is 1. The van der Waals surface area contributed by atoms with E-state index in [1.54, 1.807) is 23.4 Å². The van der Waals surface area contributed by atoms with E-state index in [4.69, 9.17) is 23.2 Å². The van der Waals surface area contributed by atoms with Gasteiger partial charge in [0.05, 0.1) is 22.7 Å². The number of rotatable bonds is 5. The minimum absolute atomic E-state index is 0.00306. The molecular weight excluding hydrogens is 359 g/mol. The Morgan fingerprint density at radius 3 is 2.48 bits per heavy atom. The summed E-state index contributed by atoms with van der Waals surface area (Å²) >= 11 is 12.2. The van der Waals surface area contributed by atoms with Crippen LogP contribution in [0.15, 0.2) is 36.7 Å².